The maximum Gasteiger partial charge on any atom is 0.201 e. The van der Waals surface area contributed by atoms with Crippen LogP contribution in [0.5, 0.6) is 0 Å². The molecule has 0 amide bonds. The molecular formula is C12H14FN3. The Morgan fingerprint density at radius 2 is 2.38 bits per heavy atom. The number of hydrogen-bond acceptors (Lipinski definition) is 2. The van der Waals surface area contributed by atoms with E-state index in [4.69, 9.17) is 5.73 Å². The zero-order chi connectivity index (χ0) is 11.3. The van der Waals surface area contributed by atoms with Gasteiger partial charge < -0.3 is 10.3 Å². The lowest BCUT2D eigenvalue weighted by Crippen LogP contribution is -2.02. The smallest absolute Gasteiger partial charge is 0.201 e. The molecule has 2 aromatic rings. The van der Waals surface area contributed by atoms with E-state index >= 15 is 0 Å². The van der Waals surface area contributed by atoms with Crippen molar-refractivity contribution >= 4 is 17.0 Å². The van der Waals surface area contributed by atoms with Crippen molar-refractivity contribution in [1.82, 2.24) is 9.55 Å². The van der Waals surface area contributed by atoms with Gasteiger partial charge in [0.25, 0.3) is 0 Å². The fourth-order valence-electron chi connectivity index (χ4n) is 2.43. The molecule has 1 aromatic carbocycles. The maximum atomic E-state index is 13.0. The third-order valence-electron chi connectivity index (χ3n) is 3.42. The highest BCUT2D eigenvalue weighted by molar-refractivity contribution is 5.78. The van der Waals surface area contributed by atoms with Crippen LogP contribution < -0.4 is 5.73 Å². The van der Waals surface area contributed by atoms with Gasteiger partial charge in [-0.25, -0.2) is 9.37 Å². The van der Waals surface area contributed by atoms with Crippen LogP contribution in [0.15, 0.2) is 18.2 Å². The first kappa shape index (κ1) is 9.63. The molecule has 0 aliphatic heterocycles. The fourth-order valence-corrected chi connectivity index (χ4v) is 2.43. The molecule has 16 heavy (non-hydrogen) atoms. The summed E-state index contributed by atoms with van der Waals surface area (Å²) in [6.45, 7) is 2.18. The van der Waals surface area contributed by atoms with Crippen LogP contribution in [0.25, 0.3) is 11.0 Å². The van der Waals surface area contributed by atoms with Crippen molar-refractivity contribution in [2.45, 2.75) is 25.8 Å². The first-order chi connectivity index (χ1) is 7.70. The van der Waals surface area contributed by atoms with Crippen molar-refractivity contribution in [2.24, 2.45) is 5.92 Å². The Hall–Kier alpha value is -1.58. The molecule has 1 aliphatic carbocycles. The van der Waals surface area contributed by atoms with Gasteiger partial charge in [-0.15, -0.1) is 0 Å². The van der Waals surface area contributed by atoms with Crippen LogP contribution in [0, 0.1) is 11.7 Å². The Morgan fingerprint density at radius 1 is 1.56 bits per heavy atom. The summed E-state index contributed by atoms with van der Waals surface area (Å²) in [5, 5.41) is 0. The van der Waals surface area contributed by atoms with Crippen LogP contribution in [0.3, 0.4) is 0 Å². The fraction of sp³-hybridized carbons (Fsp3) is 0.417. The van der Waals surface area contributed by atoms with E-state index in [1.165, 1.54) is 12.1 Å². The lowest BCUT2D eigenvalue weighted by Gasteiger charge is -2.04. The second-order valence-electron chi connectivity index (χ2n) is 4.44. The molecule has 1 aliphatic rings. The number of nitrogens with two attached hydrogens (primary N) is 1. The lowest BCUT2D eigenvalue weighted by molar-refractivity contribution is 0.628. The molecule has 0 saturated heterocycles. The van der Waals surface area contributed by atoms with Gasteiger partial charge in [0.1, 0.15) is 5.82 Å². The number of benzene rings is 1. The molecule has 0 bridgehead atoms. The third-order valence-corrected chi connectivity index (χ3v) is 3.42. The number of nitrogen functional groups attached to an aromatic ring is 1. The van der Waals surface area contributed by atoms with Crippen LogP contribution in [0.4, 0.5) is 10.3 Å². The summed E-state index contributed by atoms with van der Waals surface area (Å²) in [7, 11) is 0. The Morgan fingerprint density at radius 3 is 3.06 bits per heavy atom. The topological polar surface area (TPSA) is 43.8 Å². The summed E-state index contributed by atoms with van der Waals surface area (Å²) in [6, 6.07) is 5.12. The van der Waals surface area contributed by atoms with Crippen molar-refractivity contribution in [3.8, 4) is 0 Å². The molecular weight excluding hydrogens is 205 g/mol. The summed E-state index contributed by atoms with van der Waals surface area (Å²) in [6.07, 6.45) is 2.31. The summed E-state index contributed by atoms with van der Waals surface area (Å²) < 4.78 is 15.1. The van der Waals surface area contributed by atoms with Crippen LogP contribution in [0.1, 0.15) is 25.8 Å². The highest BCUT2D eigenvalue weighted by Crippen LogP contribution is 2.48. The molecule has 2 N–H and O–H groups in total. The van der Waals surface area contributed by atoms with Crippen LogP contribution in [0.2, 0.25) is 0 Å². The Labute approximate surface area is 93.1 Å². The zero-order valence-corrected chi connectivity index (χ0v) is 9.15. The molecule has 84 valence electrons. The second-order valence-corrected chi connectivity index (χ2v) is 4.44. The number of imidazole rings is 1. The average molecular weight is 219 g/mol. The highest BCUT2D eigenvalue weighted by Gasteiger charge is 2.38. The van der Waals surface area contributed by atoms with Gasteiger partial charge in [0.15, 0.2) is 0 Å². The zero-order valence-electron chi connectivity index (χ0n) is 9.15. The molecule has 2 unspecified atom stereocenters. The first-order valence-corrected chi connectivity index (χ1v) is 5.63. The Balaban J connectivity index is 2.13. The van der Waals surface area contributed by atoms with Gasteiger partial charge in [0.2, 0.25) is 5.95 Å². The minimum absolute atomic E-state index is 0.264. The van der Waals surface area contributed by atoms with Crippen LogP contribution >= 0.6 is 0 Å². The first-order valence-electron chi connectivity index (χ1n) is 5.63. The molecule has 1 heterocycles. The number of halogens is 1. The molecule has 1 saturated carbocycles. The van der Waals surface area contributed by atoms with Crippen molar-refractivity contribution in [1.29, 1.82) is 0 Å². The summed E-state index contributed by atoms with van der Waals surface area (Å²) in [4.78, 5) is 4.20. The van der Waals surface area contributed by atoms with E-state index < -0.39 is 0 Å². The van der Waals surface area contributed by atoms with E-state index in [0.29, 0.717) is 23.4 Å². The predicted octanol–water partition coefficient (Wildman–Crippen LogP) is 2.73. The van der Waals surface area contributed by atoms with Crippen molar-refractivity contribution in [2.75, 3.05) is 5.73 Å². The lowest BCUT2D eigenvalue weighted by atomic mass is 10.3. The summed E-state index contributed by atoms with van der Waals surface area (Å²) in [5.74, 6) is 0.936. The summed E-state index contributed by atoms with van der Waals surface area (Å²) in [5.41, 5.74) is 7.49. The van der Waals surface area contributed by atoms with Gasteiger partial charge in [0, 0.05) is 12.1 Å². The van der Waals surface area contributed by atoms with Crippen molar-refractivity contribution < 1.29 is 4.39 Å². The predicted molar refractivity (Wildman–Crippen MR) is 61.5 cm³/mol. The molecule has 1 fully saturated rings. The van der Waals surface area contributed by atoms with E-state index in [1.807, 2.05) is 4.57 Å². The Kier molecular flexibility index (Phi) is 1.93. The molecule has 0 spiro atoms. The van der Waals surface area contributed by atoms with Gasteiger partial charge >= 0.3 is 0 Å². The van der Waals surface area contributed by atoms with Crippen LogP contribution in [-0.2, 0) is 0 Å². The number of hydrogen-bond donors (Lipinski definition) is 1. The summed E-state index contributed by atoms with van der Waals surface area (Å²) >= 11 is 0. The second kappa shape index (κ2) is 3.20. The van der Waals surface area contributed by atoms with E-state index in [0.717, 1.165) is 18.4 Å². The molecule has 3 nitrogen and oxygen atoms in total. The number of anilines is 1. The van der Waals surface area contributed by atoms with Gasteiger partial charge in [-0.1, -0.05) is 13.3 Å². The van der Waals surface area contributed by atoms with Gasteiger partial charge in [0.05, 0.1) is 11.0 Å². The molecule has 1 aromatic heterocycles. The minimum atomic E-state index is -0.264. The van der Waals surface area contributed by atoms with Crippen molar-refractivity contribution in [3.63, 3.8) is 0 Å². The molecule has 3 rings (SSSR count). The van der Waals surface area contributed by atoms with E-state index in [1.54, 1.807) is 6.07 Å². The number of aromatic nitrogens is 2. The van der Waals surface area contributed by atoms with Gasteiger partial charge in [-0.2, -0.15) is 0 Å². The van der Waals surface area contributed by atoms with Crippen LogP contribution in [-0.4, -0.2) is 9.55 Å². The van der Waals surface area contributed by atoms with Gasteiger partial charge in [-0.3, -0.25) is 0 Å². The SMILES string of the molecule is CCC1CC1n1c(N)nc2cc(F)ccc21. The molecule has 2 atom stereocenters. The quantitative estimate of drug-likeness (QED) is 0.844. The maximum absolute atomic E-state index is 13.0. The molecule has 4 heteroatoms. The Bertz CT molecular complexity index is 546. The number of nitrogens with zero attached hydrogens (tertiary/aromatic N) is 2. The monoisotopic (exact) mass is 219 g/mol. The van der Waals surface area contributed by atoms with E-state index in [9.17, 15) is 4.39 Å². The minimum Gasteiger partial charge on any atom is -0.369 e. The van der Waals surface area contributed by atoms with Crippen molar-refractivity contribution in [3.05, 3.63) is 24.0 Å². The van der Waals surface area contributed by atoms with Gasteiger partial charge in [-0.05, 0) is 24.5 Å². The highest BCUT2D eigenvalue weighted by atomic mass is 19.1. The number of rotatable bonds is 2. The largest absolute Gasteiger partial charge is 0.369 e. The average Bonchev–Trinajstić information content (AvgIpc) is 2.94. The number of fused-ring (bicyclic) bond motifs is 1. The van der Waals surface area contributed by atoms with E-state index in [2.05, 4.69) is 11.9 Å². The van der Waals surface area contributed by atoms with E-state index in [-0.39, 0.29) is 5.82 Å². The molecule has 0 radical (unpaired) electrons. The standard InChI is InChI=1S/C12H14FN3/c1-2-7-5-11(7)16-10-4-3-8(13)6-9(10)15-12(16)14/h3-4,6-7,11H,2,5H2,1H3,(H2,14,15). The third kappa shape index (κ3) is 1.29. The normalized spacial score (nSPS) is 23.9.